The molecule has 112 valence electrons. The summed E-state index contributed by atoms with van der Waals surface area (Å²) in [5, 5.41) is 0. The number of hydrogen-bond acceptors (Lipinski definition) is 0. The van der Waals surface area contributed by atoms with Gasteiger partial charge >= 0.3 is 0 Å². The highest BCUT2D eigenvalue weighted by atomic mass is 35.5. The Morgan fingerprint density at radius 1 is 0.143 bits per heavy atom. The van der Waals surface area contributed by atoms with Gasteiger partial charge in [0.15, 0.2) is 0 Å². The van der Waals surface area contributed by atoms with Crippen molar-refractivity contribution in [2.24, 2.45) is 0 Å². The van der Waals surface area contributed by atoms with Crippen LogP contribution in [-0.2, 0) is 0 Å². The zero-order valence-corrected chi connectivity index (χ0v) is 24.3. The Balaban J connectivity index is 0. The Hall–Kier alpha value is 5.18. The monoisotopic (exact) mass is 488 g/mol. The predicted molar refractivity (Wildman–Crippen MR) is 132 cm³/mol. The molecule has 0 aromatic carbocycles. The van der Waals surface area contributed by atoms with Gasteiger partial charge in [-0.1, -0.05) is 0 Å². The first-order valence-electron chi connectivity index (χ1n) is 0. The van der Waals surface area contributed by atoms with E-state index in [2.05, 4.69) is 0 Å². The van der Waals surface area contributed by atoms with Crippen LogP contribution in [0.4, 0.5) is 0 Å². The minimum atomic E-state index is 0. The Morgan fingerprint density at radius 3 is 0.143 bits per heavy atom. The average Bonchev–Trinajstić information content (AvgIpc) is 0. The van der Waals surface area contributed by atoms with E-state index in [1.54, 1.807) is 0 Å². The van der Waals surface area contributed by atoms with Crippen LogP contribution in [0.3, 0.4) is 0 Å². The fourth-order valence-electron chi connectivity index (χ4n) is 0. The van der Waals surface area contributed by atoms with Crippen molar-refractivity contribution in [3.63, 3.8) is 0 Å². The molecule has 0 rings (SSSR count). The Bertz CT molecular complexity index is 13.8. The molecule has 0 aliphatic rings. The Labute approximate surface area is 152 Å². The molecule has 0 nitrogen and oxygen atoms in total. The van der Waals surface area contributed by atoms with Crippen LogP contribution in [0.1, 0.15) is 0 Å². The van der Waals surface area contributed by atoms with E-state index in [4.69, 9.17) is 0 Å². The lowest BCUT2D eigenvalue weighted by molar-refractivity contribution is 5.85. The smallest absolute Gasteiger partial charge is 0.147 e. The molecule has 0 amide bonds. The van der Waals surface area contributed by atoms with Crippen LogP contribution in [-0.4, -0.2) is 0 Å². The van der Waals surface area contributed by atoms with Crippen molar-refractivity contribution in [2.75, 3.05) is 0 Å². The van der Waals surface area contributed by atoms with E-state index in [0.29, 0.717) is 0 Å². The first-order valence-corrected chi connectivity index (χ1v) is 0. The Kier molecular flexibility index (Phi) is 3370. The fourth-order valence-corrected chi connectivity index (χ4v) is 0. The van der Waals surface area contributed by atoms with Gasteiger partial charge in [0.25, 0.3) is 0 Å². The van der Waals surface area contributed by atoms with Gasteiger partial charge in [0.1, 0.15) is 0 Å². The quantitative estimate of drug-likeness (QED) is 0.458. The van der Waals surface area contributed by atoms with Crippen LogP contribution in [0.2, 0.25) is 0 Å². The van der Waals surface area contributed by atoms with Crippen LogP contribution < -0.4 is 0 Å². The zero-order valence-electron chi connectivity index (χ0n) is 8.11. The molecule has 0 heterocycles. The molecule has 14 heavy (non-hydrogen) atoms. The molecule has 0 aromatic heterocycles. The van der Waals surface area contributed by atoms with Crippen molar-refractivity contribution in [1.29, 1.82) is 0 Å². The lowest BCUT2D eigenvalue weighted by Crippen LogP contribution is 0.688. The molecular formula is H30Cl6P8. The van der Waals surface area contributed by atoms with Crippen molar-refractivity contribution >= 4 is 154 Å². The first kappa shape index (κ1) is 236. The maximum absolute atomic E-state index is 0. The summed E-state index contributed by atoms with van der Waals surface area (Å²) in [5.41, 5.74) is 0. The molecule has 0 spiro atoms. The van der Waals surface area contributed by atoms with Gasteiger partial charge in [0.05, 0.1) is 0 Å². The van der Waals surface area contributed by atoms with Crippen LogP contribution in [0, 0.1) is 0 Å². The summed E-state index contributed by atoms with van der Waals surface area (Å²) in [6, 6.07) is 0. The maximum atomic E-state index is 0. The van der Waals surface area contributed by atoms with Crippen molar-refractivity contribution in [3.8, 4) is 0 Å². The molecule has 14 heteroatoms. The topological polar surface area (TPSA) is 0 Å². The van der Waals surface area contributed by atoms with Crippen molar-refractivity contribution in [2.45, 2.75) is 0 Å². The molecule has 0 saturated carbocycles. The van der Waals surface area contributed by atoms with E-state index in [9.17, 15) is 0 Å². The summed E-state index contributed by atoms with van der Waals surface area (Å²) >= 11 is 0. The largest absolute Gasteiger partial charge is 0.153 e. The maximum Gasteiger partial charge on any atom is -0.147 e. The number of halogens is 6. The van der Waals surface area contributed by atoms with Crippen molar-refractivity contribution in [1.82, 2.24) is 0 Å². The highest BCUT2D eigenvalue weighted by Crippen LogP contribution is 0.868. The highest BCUT2D eigenvalue weighted by Gasteiger charge is -0.137. The van der Waals surface area contributed by atoms with E-state index in [0.717, 1.165) is 0 Å². The standard InChI is InChI=1S/6ClH.8H3P/h6*1H;8*1H3. The molecule has 0 bridgehead atoms. The van der Waals surface area contributed by atoms with Gasteiger partial charge in [-0.3, -0.25) is 0 Å². The number of hydrogen-bond donors (Lipinski definition) is 0. The molecule has 0 fully saturated rings. The second kappa shape index (κ2) is 200. The summed E-state index contributed by atoms with van der Waals surface area (Å²) in [4.78, 5) is 0. The van der Waals surface area contributed by atoms with Gasteiger partial charge < -0.3 is 0 Å². The van der Waals surface area contributed by atoms with Gasteiger partial charge in [-0.2, -0.15) is 79.2 Å². The highest BCUT2D eigenvalue weighted by molar-refractivity contribution is 6.93. The van der Waals surface area contributed by atoms with Crippen molar-refractivity contribution < 1.29 is 0 Å². The van der Waals surface area contributed by atoms with E-state index in [-0.39, 0.29) is 154 Å². The molecule has 0 radical (unpaired) electrons. The molecule has 8 unspecified atom stereocenters. The third-order valence-electron chi connectivity index (χ3n) is 0. The van der Waals surface area contributed by atoms with Gasteiger partial charge in [0, 0.05) is 0 Å². The third-order valence-corrected chi connectivity index (χ3v) is 0. The minimum Gasteiger partial charge on any atom is -0.153 e. The van der Waals surface area contributed by atoms with Crippen LogP contribution in [0.5, 0.6) is 0 Å². The third kappa shape index (κ3) is 168. The summed E-state index contributed by atoms with van der Waals surface area (Å²) in [7, 11) is 0. The van der Waals surface area contributed by atoms with E-state index < -0.39 is 0 Å². The van der Waals surface area contributed by atoms with Crippen LogP contribution >= 0.6 is 154 Å². The van der Waals surface area contributed by atoms with Crippen molar-refractivity contribution in [3.05, 3.63) is 0 Å². The molecule has 0 aliphatic heterocycles. The first-order chi connectivity index (χ1) is 0. The fraction of sp³-hybridized carbons (Fsp3) is 0. The molecular weight excluding hydrogens is 461 g/mol. The molecule has 0 aromatic rings. The second-order valence-corrected chi connectivity index (χ2v) is 0. The summed E-state index contributed by atoms with van der Waals surface area (Å²) < 4.78 is 0. The predicted octanol–water partition coefficient (Wildman–Crippen LogP) is 3.00. The van der Waals surface area contributed by atoms with E-state index in [1.807, 2.05) is 0 Å². The van der Waals surface area contributed by atoms with E-state index in [1.165, 1.54) is 0 Å². The second-order valence-electron chi connectivity index (χ2n) is 0. The van der Waals surface area contributed by atoms with Gasteiger partial charge in [-0.25, -0.2) is 0 Å². The normalized spacial score (nSPS) is 0. The van der Waals surface area contributed by atoms with Gasteiger partial charge in [0.2, 0.25) is 0 Å². The molecule has 0 N–H and O–H groups in total. The SMILES string of the molecule is Cl.Cl.Cl.Cl.Cl.Cl.P.P.P.P.P.P.P.P. The molecule has 8 atom stereocenters. The number of rotatable bonds is 0. The molecule has 0 saturated heterocycles. The minimum absolute atomic E-state index is 0. The summed E-state index contributed by atoms with van der Waals surface area (Å²) in [5.74, 6) is 0. The Morgan fingerprint density at radius 2 is 0.143 bits per heavy atom. The van der Waals surface area contributed by atoms with Gasteiger partial charge in [-0.05, 0) is 0 Å². The average molecular weight is 491 g/mol. The van der Waals surface area contributed by atoms with Gasteiger partial charge in [-0.15, -0.1) is 74.4 Å². The van der Waals surface area contributed by atoms with Crippen LogP contribution in [0.25, 0.3) is 0 Å². The summed E-state index contributed by atoms with van der Waals surface area (Å²) in [6.45, 7) is 0. The lowest BCUT2D eigenvalue weighted by atomic mass is 31.0. The van der Waals surface area contributed by atoms with E-state index >= 15 is 0 Å². The molecule has 0 aliphatic carbocycles. The zero-order chi connectivity index (χ0) is 0. The summed E-state index contributed by atoms with van der Waals surface area (Å²) in [6.07, 6.45) is 0. The van der Waals surface area contributed by atoms with Crippen LogP contribution in [0.15, 0.2) is 0 Å². The lowest BCUT2D eigenvalue weighted by Gasteiger charge is -0.154.